The third-order valence-corrected chi connectivity index (χ3v) is 6.80. The second-order valence-electron chi connectivity index (χ2n) is 9.88. The zero-order chi connectivity index (χ0) is 23.3. The molecule has 0 aliphatic carbocycles. The number of amides is 1. The molecule has 32 heavy (non-hydrogen) atoms. The van der Waals surface area contributed by atoms with Gasteiger partial charge in [-0.05, 0) is 26.2 Å². The van der Waals surface area contributed by atoms with Crippen LogP contribution in [0.4, 0.5) is 0 Å². The molecule has 0 aromatic rings. The van der Waals surface area contributed by atoms with E-state index in [1.165, 1.54) is 109 Å². The molecular weight excluding hydrogens is 394 g/mol. The first-order valence-corrected chi connectivity index (χ1v) is 14.2. The normalized spacial score (nSPS) is 16.3. The maximum atomic E-state index is 12.4. The van der Waals surface area contributed by atoms with Crippen LogP contribution >= 0.6 is 0 Å². The summed E-state index contributed by atoms with van der Waals surface area (Å²) >= 11 is 0. The lowest BCUT2D eigenvalue weighted by atomic mass is 10.1. The highest BCUT2D eigenvalue weighted by atomic mass is 16.1. The zero-order valence-electron chi connectivity index (χ0n) is 21.8. The molecule has 0 aromatic carbocycles. The lowest BCUT2D eigenvalue weighted by Gasteiger charge is -2.32. The number of hydrogen-bond donors (Lipinski definition) is 2. The number of unbranched alkanes of at least 4 members (excludes halogenated alkanes) is 16. The Morgan fingerprint density at radius 3 is 1.78 bits per heavy atom. The molecule has 1 rings (SSSR count). The summed E-state index contributed by atoms with van der Waals surface area (Å²) < 4.78 is 0. The van der Waals surface area contributed by atoms with E-state index < -0.39 is 0 Å². The summed E-state index contributed by atoms with van der Waals surface area (Å²) in [4.78, 5) is 14.6. The summed E-state index contributed by atoms with van der Waals surface area (Å²) in [7, 11) is 0. The van der Waals surface area contributed by atoms with E-state index in [1.54, 1.807) is 0 Å². The van der Waals surface area contributed by atoms with E-state index in [0.717, 1.165) is 12.8 Å². The Labute approximate surface area is 200 Å². The summed E-state index contributed by atoms with van der Waals surface area (Å²) in [5.74, 6) is 0.197. The van der Waals surface area contributed by atoms with Crippen molar-refractivity contribution < 1.29 is 4.79 Å². The lowest BCUT2D eigenvalue weighted by molar-refractivity contribution is -0.122. The Morgan fingerprint density at radius 2 is 1.25 bits per heavy atom. The van der Waals surface area contributed by atoms with Gasteiger partial charge in [0.05, 0.1) is 12.3 Å². The molecule has 0 saturated heterocycles. The van der Waals surface area contributed by atoms with Crippen LogP contribution in [0.2, 0.25) is 0 Å². The van der Waals surface area contributed by atoms with Crippen LogP contribution in [-0.4, -0.2) is 23.1 Å². The van der Waals surface area contributed by atoms with Gasteiger partial charge in [0.2, 0.25) is 5.91 Å². The number of rotatable bonds is 22. The van der Waals surface area contributed by atoms with Crippen LogP contribution in [0.1, 0.15) is 149 Å². The first-order chi connectivity index (χ1) is 15.7. The number of carbonyl (C=O) groups excluding carboxylic acids is 1. The van der Waals surface area contributed by atoms with Gasteiger partial charge in [-0.15, -0.1) is 0 Å². The van der Waals surface area contributed by atoms with Gasteiger partial charge >= 0.3 is 0 Å². The molecule has 0 aromatic heterocycles. The topological polar surface area (TPSA) is 44.4 Å². The predicted octanol–water partition coefficient (Wildman–Crippen LogP) is 7.99. The van der Waals surface area contributed by atoms with Crippen LogP contribution in [0.3, 0.4) is 0 Å². The highest BCUT2D eigenvalue weighted by molar-refractivity contribution is 5.76. The number of nitrogens with zero attached hydrogens (tertiary/aromatic N) is 1. The monoisotopic (exact) mass is 449 g/mol. The quantitative estimate of drug-likeness (QED) is 0.165. The van der Waals surface area contributed by atoms with E-state index in [2.05, 4.69) is 42.5 Å². The average Bonchev–Trinajstić information content (AvgIpc) is 3.25. The molecule has 0 saturated carbocycles. The third kappa shape index (κ3) is 14.8. The van der Waals surface area contributed by atoms with Crippen molar-refractivity contribution in [3.8, 4) is 0 Å². The fraction of sp³-hybridized carbons (Fsp3) is 0.893. The fourth-order valence-electron chi connectivity index (χ4n) is 4.69. The molecule has 2 unspecified atom stereocenters. The van der Waals surface area contributed by atoms with Crippen molar-refractivity contribution in [2.45, 2.75) is 162 Å². The second kappa shape index (κ2) is 20.4. The van der Waals surface area contributed by atoms with Gasteiger partial charge in [0.15, 0.2) is 0 Å². The number of carbonyl (C=O) groups is 1. The molecule has 1 aliphatic heterocycles. The summed E-state index contributed by atoms with van der Waals surface area (Å²) in [6.45, 7) is 6.65. The standard InChI is InChI=1S/C28H55N3O/c1-4-6-8-10-12-14-16-18-20-22-27-29-24-25-31(27)26(3)30-28(32)23-21-19-17-15-13-11-9-7-5-2/h24-27,29H,4-23H2,1-3H3,(H,30,32). The minimum absolute atomic E-state index is 0.0517. The smallest absolute Gasteiger partial charge is 0.221 e. The van der Waals surface area contributed by atoms with E-state index >= 15 is 0 Å². The van der Waals surface area contributed by atoms with Crippen molar-refractivity contribution in [2.24, 2.45) is 0 Å². The van der Waals surface area contributed by atoms with Crippen molar-refractivity contribution in [2.75, 3.05) is 0 Å². The molecule has 1 aliphatic rings. The molecule has 1 heterocycles. The lowest BCUT2D eigenvalue weighted by Crippen LogP contribution is -2.49. The van der Waals surface area contributed by atoms with Crippen molar-refractivity contribution in [1.29, 1.82) is 0 Å². The molecule has 0 fully saturated rings. The van der Waals surface area contributed by atoms with E-state index in [4.69, 9.17) is 0 Å². The summed E-state index contributed by atoms with van der Waals surface area (Å²) in [5, 5.41) is 6.67. The first kappa shape index (κ1) is 28.8. The molecule has 188 valence electrons. The summed E-state index contributed by atoms with van der Waals surface area (Å²) in [6, 6.07) is 0. The Bertz CT molecular complexity index is 466. The van der Waals surface area contributed by atoms with E-state index in [-0.39, 0.29) is 12.1 Å². The largest absolute Gasteiger partial charge is 0.370 e. The van der Waals surface area contributed by atoms with Crippen LogP contribution in [-0.2, 0) is 4.79 Å². The van der Waals surface area contributed by atoms with E-state index in [0.29, 0.717) is 12.6 Å². The van der Waals surface area contributed by atoms with Crippen LogP contribution in [0.15, 0.2) is 12.4 Å². The summed E-state index contributed by atoms with van der Waals surface area (Å²) in [6.07, 6.45) is 30.2. The number of nitrogens with one attached hydrogen (secondary N) is 2. The second-order valence-corrected chi connectivity index (χ2v) is 9.88. The maximum absolute atomic E-state index is 12.4. The van der Waals surface area contributed by atoms with Gasteiger partial charge in [-0.1, -0.05) is 117 Å². The Morgan fingerprint density at radius 1 is 0.781 bits per heavy atom. The fourth-order valence-corrected chi connectivity index (χ4v) is 4.69. The molecular formula is C28H55N3O. The van der Waals surface area contributed by atoms with Crippen molar-refractivity contribution in [1.82, 2.24) is 15.5 Å². The van der Waals surface area contributed by atoms with Crippen LogP contribution in [0.25, 0.3) is 0 Å². The highest BCUT2D eigenvalue weighted by Gasteiger charge is 2.23. The first-order valence-electron chi connectivity index (χ1n) is 14.2. The van der Waals surface area contributed by atoms with Crippen molar-refractivity contribution in [3.63, 3.8) is 0 Å². The van der Waals surface area contributed by atoms with Gasteiger partial charge in [-0.25, -0.2) is 0 Å². The van der Waals surface area contributed by atoms with Gasteiger partial charge < -0.3 is 15.5 Å². The van der Waals surface area contributed by atoms with Crippen LogP contribution in [0.5, 0.6) is 0 Å². The minimum atomic E-state index is 0.0517. The SMILES string of the molecule is CCCCCCCCCCCC(=O)NC(C)N1C=CNC1CCCCCCCCCCC. The van der Waals surface area contributed by atoms with Crippen LogP contribution < -0.4 is 10.6 Å². The average molecular weight is 450 g/mol. The van der Waals surface area contributed by atoms with Gasteiger partial charge in [-0.2, -0.15) is 0 Å². The molecule has 1 amide bonds. The molecule has 4 nitrogen and oxygen atoms in total. The van der Waals surface area contributed by atoms with Gasteiger partial charge in [-0.3, -0.25) is 4.79 Å². The van der Waals surface area contributed by atoms with E-state index in [9.17, 15) is 4.79 Å². The molecule has 0 bridgehead atoms. The zero-order valence-corrected chi connectivity index (χ0v) is 21.8. The van der Waals surface area contributed by atoms with Crippen molar-refractivity contribution in [3.05, 3.63) is 12.4 Å². The highest BCUT2D eigenvalue weighted by Crippen LogP contribution is 2.17. The third-order valence-electron chi connectivity index (χ3n) is 6.80. The van der Waals surface area contributed by atoms with E-state index in [1.807, 2.05) is 6.20 Å². The Balaban J connectivity index is 2.05. The molecule has 2 atom stereocenters. The minimum Gasteiger partial charge on any atom is -0.370 e. The van der Waals surface area contributed by atoms with Gasteiger partial charge in [0.25, 0.3) is 0 Å². The van der Waals surface area contributed by atoms with Gasteiger partial charge in [0.1, 0.15) is 0 Å². The Hall–Kier alpha value is -1.19. The molecule has 4 heteroatoms. The van der Waals surface area contributed by atoms with Crippen LogP contribution in [0, 0.1) is 0 Å². The predicted molar refractivity (Wildman–Crippen MR) is 139 cm³/mol. The molecule has 0 radical (unpaired) electrons. The van der Waals surface area contributed by atoms with Gasteiger partial charge in [0, 0.05) is 18.8 Å². The maximum Gasteiger partial charge on any atom is 0.221 e. The molecule has 2 N–H and O–H groups in total. The Kier molecular flexibility index (Phi) is 18.4. The molecule has 0 spiro atoms. The number of hydrogen-bond acceptors (Lipinski definition) is 3. The van der Waals surface area contributed by atoms with Crippen molar-refractivity contribution >= 4 is 5.91 Å². The summed E-state index contributed by atoms with van der Waals surface area (Å²) in [5.41, 5.74) is 0.